The fourth-order valence-corrected chi connectivity index (χ4v) is 3.17. The molecular weight excluding hydrogens is 277 g/mol. The third-order valence-corrected chi connectivity index (χ3v) is 4.26. The summed E-state index contributed by atoms with van der Waals surface area (Å²) in [4.78, 5) is 18.1. The van der Waals surface area contributed by atoms with E-state index in [0.717, 1.165) is 11.7 Å². The number of anilines is 1. The number of hydrogen-bond acceptors (Lipinski definition) is 4. The van der Waals surface area contributed by atoms with Crippen LogP contribution in [-0.4, -0.2) is 30.0 Å². The van der Waals surface area contributed by atoms with Crippen molar-refractivity contribution >= 4 is 22.4 Å². The Morgan fingerprint density at radius 2 is 2.25 bits per heavy atom. The van der Waals surface area contributed by atoms with E-state index in [-0.39, 0.29) is 17.8 Å². The highest BCUT2D eigenvalue weighted by atomic mass is 32.1. The molecule has 1 amide bonds. The summed E-state index contributed by atoms with van der Waals surface area (Å²) in [6, 6.07) is 6.33. The molecule has 1 atom stereocenters. The van der Waals surface area contributed by atoms with Crippen LogP contribution in [0.4, 0.5) is 9.52 Å². The molecule has 0 unspecified atom stereocenters. The first-order valence-electron chi connectivity index (χ1n) is 6.41. The molecule has 1 fully saturated rings. The lowest BCUT2D eigenvalue weighted by Gasteiger charge is -2.32. The van der Waals surface area contributed by atoms with Crippen molar-refractivity contribution in [1.82, 2.24) is 10.3 Å². The van der Waals surface area contributed by atoms with Gasteiger partial charge in [-0.1, -0.05) is 12.1 Å². The fourth-order valence-electron chi connectivity index (χ4n) is 2.23. The SMILES string of the molecule is C[C@@H]1C(=O)NCCN1c1nc(-c2ccccc2F)cs1. The van der Waals surface area contributed by atoms with Crippen molar-refractivity contribution < 1.29 is 9.18 Å². The molecule has 1 aliphatic rings. The van der Waals surface area contributed by atoms with Crippen LogP contribution in [0, 0.1) is 5.82 Å². The molecule has 0 spiro atoms. The topological polar surface area (TPSA) is 45.2 Å². The molecule has 1 N–H and O–H groups in total. The molecule has 1 saturated heterocycles. The molecule has 4 nitrogen and oxygen atoms in total. The molecule has 1 aromatic carbocycles. The van der Waals surface area contributed by atoms with E-state index >= 15 is 0 Å². The first-order valence-corrected chi connectivity index (χ1v) is 7.29. The predicted octanol–water partition coefficient (Wildman–Crippen LogP) is 2.27. The summed E-state index contributed by atoms with van der Waals surface area (Å²) >= 11 is 1.43. The number of nitrogens with one attached hydrogen (secondary N) is 1. The third-order valence-electron chi connectivity index (χ3n) is 3.39. The van der Waals surface area contributed by atoms with Gasteiger partial charge in [-0.15, -0.1) is 11.3 Å². The van der Waals surface area contributed by atoms with Crippen molar-refractivity contribution in [3.05, 3.63) is 35.5 Å². The van der Waals surface area contributed by atoms with Gasteiger partial charge in [0.05, 0.1) is 5.69 Å². The van der Waals surface area contributed by atoms with E-state index in [1.807, 2.05) is 17.2 Å². The number of aromatic nitrogens is 1. The van der Waals surface area contributed by atoms with Gasteiger partial charge in [-0.25, -0.2) is 9.37 Å². The molecule has 2 aromatic rings. The largest absolute Gasteiger partial charge is 0.353 e. The Balaban J connectivity index is 1.91. The van der Waals surface area contributed by atoms with Gasteiger partial charge >= 0.3 is 0 Å². The molecule has 3 rings (SSSR count). The van der Waals surface area contributed by atoms with E-state index in [4.69, 9.17) is 0 Å². The van der Waals surface area contributed by atoms with E-state index in [1.54, 1.807) is 18.2 Å². The minimum absolute atomic E-state index is 0.00103. The van der Waals surface area contributed by atoms with Crippen molar-refractivity contribution in [2.75, 3.05) is 18.0 Å². The van der Waals surface area contributed by atoms with Crippen LogP contribution in [0.3, 0.4) is 0 Å². The Morgan fingerprint density at radius 1 is 1.45 bits per heavy atom. The second-order valence-electron chi connectivity index (χ2n) is 4.66. The van der Waals surface area contributed by atoms with Crippen molar-refractivity contribution in [3.8, 4) is 11.3 Å². The van der Waals surface area contributed by atoms with Crippen molar-refractivity contribution in [1.29, 1.82) is 0 Å². The Morgan fingerprint density at radius 3 is 3.05 bits per heavy atom. The molecule has 104 valence electrons. The Labute approximate surface area is 120 Å². The molecular formula is C14H14FN3OS. The third kappa shape index (κ3) is 2.27. The number of amides is 1. The van der Waals surface area contributed by atoms with Gasteiger partial charge in [-0.3, -0.25) is 4.79 Å². The molecule has 1 aromatic heterocycles. The predicted molar refractivity (Wildman–Crippen MR) is 77.3 cm³/mol. The Bertz CT molecular complexity index is 643. The van der Waals surface area contributed by atoms with Crippen LogP contribution in [0.2, 0.25) is 0 Å². The Kier molecular flexibility index (Phi) is 3.40. The quantitative estimate of drug-likeness (QED) is 0.923. The molecule has 20 heavy (non-hydrogen) atoms. The summed E-state index contributed by atoms with van der Waals surface area (Å²) in [5.41, 5.74) is 1.10. The van der Waals surface area contributed by atoms with E-state index in [1.165, 1.54) is 17.4 Å². The molecule has 6 heteroatoms. The second-order valence-corrected chi connectivity index (χ2v) is 5.49. The smallest absolute Gasteiger partial charge is 0.242 e. The average molecular weight is 291 g/mol. The van der Waals surface area contributed by atoms with Crippen molar-refractivity contribution in [3.63, 3.8) is 0 Å². The molecule has 2 heterocycles. The number of carbonyl (C=O) groups excluding carboxylic acids is 1. The zero-order valence-electron chi connectivity index (χ0n) is 11.0. The number of benzene rings is 1. The zero-order valence-corrected chi connectivity index (χ0v) is 11.8. The van der Waals surface area contributed by atoms with Crippen LogP contribution in [0.25, 0.3) is 11.3 Å². The molecule has 1 aliphatic heterocycles. The van der Waals surface area contributed by atoms with Crippen LogP contribution in [0.5, 0.6) is 0 Å². The number of hydrogen-bond donors (Lipinski definition) is 1. The summed E-state index contributed by atoms with van der Waals surface area (Å²) in [7, 11) is 0. The van der Waals surface area contributed by atoms with Gasteiger partial charge in [0.25, 0.3) is 0 Å². The number of thiazole rings is 1. The molecule has 0 radical (unpaired) electrons. The maximum atomic E-state index is 13.8. The van der Waals surface area contributed by atoms with Gasteiger partial charge in [0.1, 0.15) is 11.9 Å². The van der Waals surface area contributed by atoms with Crippen LogP contribution in [0.15, 0.2) is 29.6 Å². The molecule has 0 bridgehead atoms. The highest BCUT2D eigenvalue weighted by Gasteiger charge is 2.27. The number of halogens is 1. The Hall–Kier alpha value is -1.95. The van der Waals surface area contributed by atoms with Crippen LogP contribution >= 0.6 is 11.3 Å². The monoisotopic (exact) mass is 291 g/mol. The van der Waals surface area contributed by atoms with Gasteiger partial charge in [-0.05, 0) is 19.1 Å². The van der Waals surface area contributed by atoms with Gasteiger partial charge in [0.2, 0.25) is 5.91 Å². The molecule has 0 saturated carbocycles. The summed E-state index contributed by atoms with van der Waals surface area (Å²) in [5, 5.41) is 5.40. The summed E-state index contributed by atoms with van der Waals surface area (Å²) in [6.07, 6.45) is 0. The fraction of sp³-hybridized carbons (Fsp3) is 0.286. The van der Waals surface area contributed by atoms with Crippen molar-refractivity contribution in [2.45, 2.75) is 13.0 Å². The number of rotatable bonds is 2. The first-order chi connectivity index (χ1) is 9.66. The van der Waals surface area contributed by atoms with E-state index < -0.39 is 0 Å². The standard InChI is InChI=1S/C14H14FN3OS/c1-9-13(19)16-6-7-18(9)14-17-12(8-20-14)10-4-2-3-5-11(10)15/h2-5,8-9H,6-7H2,1H3,(H,16,19)/t9-/m1/s1. The number of piperazine rings is 1. The minimum Gasteiger partial charge on any atom is -0.353 e. The average Bonchev–Trinajstić information content (AvgIpc) is 2.92. The summed E-state index contributed by atoms with van der Waals surface area (Å²) in [6.45, 7) is 3.17. The van der Waals surface area contributed by atoms with Crippen LogP contribution in [0.1, 0.15) is 6.92 Å². The lowest BCUT2D eigenvalue weighted by Crippen LogP contribution is -2.54. The van der Waals surface area contributed by atoms with Crippen molar-refractivity contribution in [2.24, 2.45) is 0 Å². The van der Waals surface area contributed by atoms with E-state index in [2.05, 4.69) is 10.3 Å². The summed E-state index contributed by atoms with van der Waals surface area (Å²) in [5.74, 6) is -0.285. The minimum atomic E-state index is -0.284. The van der Waals surface area contributed by atoms with Gasteiger partial charge in [0.15, 0.2) is 5.13 Å². The number of nitrogens with zero attached hydrogens (tertiary/aromatic N) is 2. The maximum Gasteiger partial charge on any atom is 0.242 e. The van der Waals surface area contributed by atoms with Gasteiger partial charge in [-0.2, -0.15) is 0 Å². The van der Waals surface area contributed by atoms with Crippen LogP contribution < -0.4 is 10.2 Å². The lowest BCUT2D eigenvalue weighted by atomic mass is 10.1. The maximum absolute atomic E-state index is 13.8. The van der Waals surface area contributed by atoms with Gasteiger partial charge in [0, 0.05) is 24.0 Å². The van der Waals surface area contributed by atoms with E-state index in [9.17, 15) is 9.18 Å². The normalized spacial score (nSPS) is 19.0. The summed E-state index contributed by atoms with van der Waals surface area (Å²) < 4.78 is 13.8. The highest BCUT2D eigenvalue weighted by molar-refractivity contribution is 7.14. The molecule has 0 aliphatic carbocycles. The first kappa shape index (κ1) is 13.1. The lowest BCUT2D eigenvalue weighted by molar-refractivity contribution is -0.122. The highest BCUT2D eigenvalue weighted by Crippen LogP contribution is 2.30. The number of carbonyl (C=O) groups is 1. The van der Waals surface area contributed by atoms with Crippen LogP contribution in [-0.2, 0) is 4.79 Å². The van der Waals surface area contributed by atoms with Gasteiger partial charge < -0.3 is 10.2 Å². The zero-order chi connectivity index (χ0) is 14.1. The second kappa shape index (κ2) is 5.20. The van der Waals surface area contributed by atoms with E-state index in [0.29, 0.717) is 17.8 Å².